The Morgan fingerprint density at radius 3 is 2.60 bits per heavy atom. The van der Waals surface area contributed by atoms with Gasteiger partial charge in [-0.2, -0.15) is 5.21 Å². The number of H-pyrrole nitrogens is 1. The van der Waals surface area contributed by atoms with Crippen molar-refractivity contribution in [2.45, 2.75) is 45.2 Å². The Hall–Kier alpha value is -1.46. The van der Waals surface area contributed by atoms with Gasteiger partial charge in [-0.1, -0.05) is 0 Å². The van der Waals surface area contributed by atoms with Gasteiger partial charge in [0.05, 0.1) is 0 Å². The van der Waals surface area contributed by atoms with Gasteiger partial charge in [-0.25, -0.2) is 0 Å². The molecule has 2 rings (SSSR count). The van der Waals surface area contributed by atoms with Gasteiger partial charge in [-0.15, -0.1) is 10.2 Å². The van der Waals surface area contributed by atoms with Crippen molar-refractivity contribution in [3.05, 3.63) is 5.82 Å². The maximum atomic E-state index is 12.0. The van der Waals surface area contributed by atoms with E-state index in [4.69, 9.17) is 0 Å². The zero-order valence-electron chi connectivity index (χ0n) is 8.97. The molecule has 0 aliphatic carbocycles. The van der Waals surface area contributed by atoms with Gasteiger partial charge in [0, 0.05) is 12.1 Å². The Labute approximate surface area is 88.0 Å². The molecule has 1 aliphatic heterocycles. The van der Waals surface area contributed by atoms with Crippen LogP contribution in [0.3, 0.4) is 0 Å². The van der Waals surface area contributed by atoms with Crippen molar-refractivity contribution < 1.29 is 4.79 Å². The van der Waals surface area contributed by atoms with Crippen LogP contribution < -0.4 is 0 Å². The molecule has 6 nitrogen and oxygen atoms in total. The van der Waals surface area contributed by atoms with Crippen molar-refractivity contribution in [3.63, 3.8) is 0 Å². The predicted octanol–water partition coefficient (Wildman–Crippen LogP) is 0.603. The Balaban J connectivity index is 2.17. The van der Waals surface area contributed by atoms with Crippen LogP contribution in [0.25, 0.3) is 0 Å². The van der Waals surface area contributed by atoms with E-state index in [0.717, 1.165) is 12.8 Å². The van der Waals surface area contributed by atoms with Crippen LogP contribution in [0.2, 0.25) is 0 Å². The van der Waals surface area contributed by atoms with Gasteiger partial charge in [-0.05, 0) is 38.3 Å². The van der Waals surface area contributed by atoms with Gasteiger partial charge in [0.25, 0.3) is 11.7 Å². The van der Waals surface area contributed by atoms with Crippen LogP contribution in [0.4, 0.5) is 0 Å². The minimum atomic E-state index is -0.122. The van der Waals surface area contributed by atoms with Crippen molar-refractivity contribution in [2.24, 2.45) is 0 Å². The van der Waals surface area contributed by atoms with E-state index in [9.17, 15) is 4.79 Å². The average molecular weight is 209 g/mol. The Bertz CT molecular complexity index is 326. The maximum Gasteiger partial charge on any atom is 0.295 e. The Kier molecular flexibility index (Phi) is 2.66. The van der Waals surface area contributed by atoms with E-state index < -0.39 is 0 Å². The molecule has 1 fully saturated rings. The molecule has 1 N–H and O–H groups in total. The number of likely N-dealkylation sites (tertiary alicyclic amines) is 1. The molecule has 1 aromatic rings. The molecule has 6 heteroatoms. The summed E-state index contributed by atoms with van der Waals surface area (Å²) in [5.41, 5.74) is 0. The number of nitrogens with zero attached hydrogens (tertiary/aromatic N) is 4. The van der Waals surface area contributed by atoms with Crippen molar-refractivity contribution in [1.29, 1.82) is 0 Å². The molecule has 15 heavy (non-hydrogen) atoms. The van der Waals surface area contributed by atoms with Crippen molar-refractivity contribution >= 4 is 5.91 Å². The zero-order valence-corrected chi connectivity index (χ0v) is 8.97. The summed E-state index contributed by atoms with van der Waals surface area (Å²) in [4.78, 5) is 13.9. The molecule has 0 spiro atoms. The highest BCUT2D eigenvalue weighted by Gasteiger charge is 2.31. The molecule has 0 bridgehead atoms. The molecule has 1 aromatic heterocycles. The van der Waals surface area contributed by atoms with Gasteiger partial charge in [0.1, 0.15) is 0 Å². The van der Waals surface area contributed by atoms with E-state index in [1.807, 2.05) is 4.90 Å². The number of aromatic amines is 1. The van der Waals surface area contributed by atoms with E-state index in [2.05, 4.69) is 34.5 Å². The molecule has 82 valence electrons. The molecule has 0 saturated carbocycles. The quantitative estimate of drug-likeness (QED) is 0.735. The molecular weight excluding hydrogens is 194 g/mol. The molecule has 1 amide bonds. The fourth-order valence-corrected chi connectivity index (χ4v) is 2.19. The normalized spacial score (nSPS) is 26.7. The summed E-state index contributed by atoms with van der Waals surface area (Å²) in [6.07, 6.45) is 3.28. The number of nitrogens with one attached hydrogen (secondary N) is 1. The molecular formula is C9H15N5O. The van der Waals surface area contributed by atoms with Crippen LogP contribution in [-0.2, 0) is 0 Å². The molecule has 0 aromatic carbocycles. The number of piperidine rings is 1. The highest BCUT2D eigenvalue weighted by Crippen LogP contribution is 2.23. The minimum absolute atomic E-state index is 0.122. The van der Waals surface area contributed by atoms with Gasteiger partial charge in [0.15, 0.2) is 0 Å². The third-order valence-electron chi connectivity index (χ3n) is 2.96. The van der Waals surface area contributed by atoms with Crippen molar-refractivity contribution in [2.75, 3.05) is 0 Å². The third kappa shape index (κ3) is 1.84. The molecule has 1 aliphatic rings. The fourth-order valence-electron chi connectivity index (χ4n) is 2.19. The lowest BCUT2D eigenvalue weighted by atomic mass is 9.97. The molecule has 2 unspecified atom stereocenters. The second-order valence-electron chi connectivity index (χ2n) is 4.08. The number of carbonyl (C=O) groups excluding carboxylic acids is 1. The SMILES string of the molecule is CC1CCCC(C)N1C(=O)c1nn[nH]n1. The van der Waals surface area contributed by atoms with E-state index >= 15 is 0 Å². The molecule has 2 heterocycles. The molecule has 0 radical (unpaired) electrons. The third-order valence-corrected chi connectivity index (χ3v) is 2.96. The number of rotatable bonds is 1. The van der Waals surface area contributed by atoms with Crippen LogP contribution in [0, 0.1) is 0 Å². The lowest BCUT2D eigenvalue weighted by molar-refractivity contribution is 0.0498. The Morgan fingerprint density at radius 1 is 1.40 bits per heavy atom. The van der Waals surface area contributed by atoms with Gasteiger partial charge in [-0.3, -0.25) is 4.79 Å². The number of aromatic nitrogens is 4. The summed E-state index contributed by atoms with van der Waals surface area (Å²) < 4.78 is 0. The standard InChI is InChI=1S/C9H15N5O/c1-6-4-3-5-7(2)14(6)9(15)8-10-12-13-11-8/h6-7H,3-5H2,1-2H3,(H,10,11,12,13). The van der Waals surface area contributed by atoms with E-state index in [-0.39, 0.29) is 23.8 Å². The number of tetrazole rings is 1. The van der Waals surface area contributed by atoms with E-state index in [1.165, 1.54) is 6.42 Å². The van der Waals surface area contributed by atoms with Crippen molar-refractivity contribution in [1.82, 2.24) is 25.5 Å². The first-order valence-corrected chi connectivity index (χ1v) is 5.26. The zero-order chi connectivity index (χ0) is 10.8. The number of carbonyl (C=O) groups is 1. The molecule has 2 atom stereocenters. The first-order valence-electron chi connectivity index (χ1n) is 5.26. The fraction of sp³-hybridized carbons (Fsp3) is 0.778. The van der Waals surface area contributed by atoms with Crippen molar-refractivity contribution in [3.8, 4) is 0 Å². The summed E-state index contributed by atoms with van der Waals surface area (Å²) in [6.45, 7) is 4.13. The lowest BCUT2D eigenvalue weighted by Crippen LogP contribution is -2.47. The average Bonchev–Trinajstić information content (AvgIpc) is 2.69. The first-order chi connectivity index (χ1) is 7.20. The minimum Gasteiger partial charge on any atom is -0.330 e. The summed E-state index contributed by atoms with van der Waals surface area (Å²) in [5.74, 6) is 0.0408. The summed E-state index contributed by atoms with van der Waals surface area (Å²) in [5, 5.41) is 13.1. The second kappa shape index (κ2) is 3.96. The van der Waals surface area contributed by atoms with E-state index in [1.54, 1.807) is 0 Å². The highest BCUT2D eigenvalue weighted by atomic mass is 16.2. The lowest BCUT2D eigenvalue weighted by Gasteiger charge is -2.38. The van der Waals surface area contributed by atoms with Crippen LogP contribution in [-0.4, -0.2) is 43.5 Å². The maximum absolute atomic E-state index is 12.0. The van der Waals surface area contributed by atoms with Crippen LogP contribution in [0.5, 0.6) is 0 Å². The summed E-state index contributed by atoms with van der Waals surface area (Å²) >= 11 is 0. The smallest absolute Gasteiger partial charge is 0.295 e. The number of hydrogen-bond donors (Lipinski definition) is 1. The van der Waals surface area contributed by atoms with Crippen LogP contribution >= 0.6 is 0 Å². The largest absolute Gasteiger partial charge is 0.330 e. The van der Waals surface area contributed by atoms with Gasteiger partial charge >= 0.3 is 0 Å². The predicted molar refractivity (Wildman–Crippen MR) is 53.1 cm³/mol. The molecule has 1 saturated heterocycles. The Morgan fingerprint density at radius 2 is 2.07 bits per heavy atom. The summed E-state index contributed by atoms with van der Waals surface area (Å²) in [7, 11) is 0. The monoisotopic (exact) mass is 209 g/mol. The highest BCUT2D eigenvalue weighted by molar-refractivity contribution is 5.90. The first kappa shape index (κ1) is 10.1. The number of amides is 1. The summed E-state index contributed by atoms with van der Waals surface area (Å²) in [6, 6.07) is 0.527. The number of hydrogen-bond acceptors (Lipinski definition) is 4. The van der Waals surface area contributed by atoms with Crippen LogP contribution in [0.15, 0.2) is 0 Å². The topological polar surface area (TPSA) is 74.8 Å². The second-order valence-corrected chi connectivity index (χ2v) is 4.08. The van der Waals surface area contributed by atoms with Gasteiger partial charge < -0.3 is 4.90 Å². The van der Waals surface area contributed by atoms with E-state index in [0.29, 0.717) is 0 Å². The van der Waals surface area contributed by atoms with Gasteiger partial charge in [0.2, 0.25) is 0 Å². The van der Waals surface area contributed by atoms with Crippen LogP contribution in [0.1, 0.15) is 43.7 Å².